The Bertz CT molecular complexity index is 960. The summed E-state index contributed by atoms with van der Waals surface area (Å²) in [5.74, 6) is -1.17. The molecule has 0 unspecified atom stereocenters. The first-order chi connectivity index (χ1) is 13.8. The third-order valence-corrected chi connectivity index (χ3v) is 5.14. The van der Waals surface area contributed by atoms with Gasteiger partial charge in [-0.1, -0.05) is 11.6 Å². The van der Waals surface area contributed by atoms with Gasteiger partial charge in [0, 0.05) is 18.0 Å². The van der Waals surface area contributed by atoms with Gasteiger partial charge >= 0.3 is 0 Å². The number of quaternary nitrogens is 1. The smallest absolute Gasteiger partial charge is 0.295 e. The van der Waals surface area contributed by atoms with Crippen LogP contribution in [0.1, 0.15) is 17.2 Å². The highest BCUT2D eigenvalue weighted by Crippen LogP contribution is 2.39. The van der Waals surface area contributed by atoms with Crippen LogP contribution >= 0.6 is 11.6 Å². The zero-order chi connectivity index (χ0) is 21.1. The molecule has 8 heteroatoms. The van der Waals surface area contributed by atoms with Crippen molar-refractivity contribution in [2.75, 3.05) is 34.3 Å². The van der Waals surface area contributed by atoms with Crippen molar-refractivity contribution in [3.05, 3.63) is 64.4 Å². The van der Waals surface area contributed by atoms with E-state index in [1.807, 2.05) is 14.1 Å². The summed E-state index contributed by atoms with van der Waals surface area (Å²) in [4.78, 5) is 32.3. The Hall–Kier alpha value is -2.90. The third kappa shape index (κ3) is 4.11. The number of benzene rings is 1. The van der Waals surface area contributed by atoms with Gasteiger partial charge in [-0.05, 0) is 35.9 Å². The number of methoxy groups -OCH3 is 1. The molecule has 2 heterocycles. The molecule has 152 valence electrons. The van der Waals surface area contributed by atoms with Crippen LogP contribution in [0.2, 0.25) is 5.02 Å². The average Bonchev–Trinajstić information content (AvgIpc) is 2.97. The molecule has 2 aromatic rings. The topological polar surface area (TPSA) is 84.2 Å². The number of pyridine rings is 1. The van der Waals surface area contributed by atoms with Crippen molar-refractivity contribution < 1.29 is 24.3 Å². The second kappa shape index (κ2) is 8.63. The first-order valence-electron chi connectivity index (χ1n) is 9.16. The summed E-state index contributed by atoms with van der Waals surface area (Å²) < 4.78 is 5.14. The number of ether oxygens (including phenoxy) is 1. The van der Waals surface area contributed by atoms with Gasteiger partial charge in [-0.2, -0.15) is 0 Å². The van der Waals surface area contributed by atoms with Crippen LogP contribution in [-0.4, -0.2) is 61.0 Å². The highest BCUT2D eigenvalue weighted by molar-refractivity contribution is 6.46. The number of amides is 1. The summed E-state index contributed by atoms with van der Waals surface area (Å²) in [6, 6.07) is 7.49. The summed E-state index contributed by atoms with van der Waals surface area (Å²) in [6.07, 6.45) is 3.19. The van der Waals surface area contributed by atoms with Gasteiger partial charge in [0.1, 0.15) is 11.5 Å². The van der Waals surface area contributed by atoms with Gasteiger partial charge in [-0.25, -0.2) is 0 Å². The number of aromatic nitrogens is 1. The summed E-state index contributed by atoms with van der Waals surface area (Å²) in [7, 11) is 5.43. The van der Waals surface area contributed by atoms with Crippen molar-refractivity contribution in [1.29, 1.82) is 0 Å². The van der Waals surface area contributed by atoms with Crippen LogP contribution in [-0.2, 0) is 9.59 Å². The number of nitrogens with one attached hydrogen (secondary N) is 1. The Morgan fingerprint density at radius 1 is 1.24 bits per heavy atom. The molecule has 1 aromatic heterocycles. The number of likely N-dealkylation sites (tertiary alicyclic amines) is 1. The number of hydrogen-bond donors (Lipinski definition) is 2. The van der Waals surface area contributed by atoms with E-state index in [4.69, 9.17) is 16.3 Å². The molecule has 7 nitrogen and oxygen atoms in total. The fourth-order valence-electron chi connectivity index (χ4n) is 3.32. The summed E-state index contributed by atoms with van der Waals surface area (Å²) >= 11 is 6.18. The molecule has 1 atom stereocenters. The predicted molar refractivity (Wildman–Crippen MR) is 109 cm³/mol. The Morgan fingerprint density at radius 3 is 2.52 bits per heavy atom. The zero-order valence-electron chi connectivity index (χ0n) is 16.5. The lowest BCUT2D eigenvalue weighted by atomic mass is 9.96. The first-order valence-corrected chi connectivity index (χ1v) is 9.54. The number of ketones is 1. The van der Waals surface area contributed by atoms with E-state index in [0.29, 0.717) is 35.0 Å². The van der Waals surface area contributed by atoms with Crippen LogP contribution in [0.15, 0.2) is 48.3 Å². The molecule has 0 spiro atoms. The fraction of sp³-hybridized carbons (Fsp3) is 0.286. The van der Waals surface area contributed by atoms with Gasteiger partial charge in [0.25, 0.3) is 11.7 Å². The molecular weight excluding hydrogens is 394 g/mol. The van der Waals surface area contributed by atoms with Crippen molar-refractivity contribution >= 4 is 29.1 Å². The van der Waals surface area contributed by atoms with Gasteiger partial charge in [0.15, 0.2) is 0 Å². The maximum Gasteiger partial charge on any atom is 0.295 e. The number of rotatable bonds is 6. The number of likely N-dealkylation sites (N-methyl/N-ethyl adjacent to an activating group) is 1. The zero-order valence-corrected chi connectivity index (χ0v) is 17.2. The standard InChI is InChI=1S/C21H22ClN3O4/c1-24(2)10-11-25-18(13-6-8-23-9-7-13)17(20(27)21(25)28)19(26)14-4-5-16(29-3)15(22)12-14/h4-9,12,18,26H,10-11H2,1-3H3/p+1/b19-17+/t18-/m0/s1. The largest absolute Gasteiger partial charge is 0.507 e. The number of Topliss-reactive ketones (excluding diaryl/α,β-unsaturated/α-hetero) is 1. The SMILES string of the molecule is COc1ccc(/C(O)=C2\C(=O)C(=O)N(CC[NH+](C)C)[C@H]2c2ccncc2)cc1Cl. The normalized spacial score (nSPS) is 18.5. The van der Waals surface area contributed by atoms with Gasteiger partial charge in [-0.3, -0.25) is 14.6 Å². The Labute approximate surface area is 174 Å². The molecule has 3 rings (SSSR count). The van der Waals surface area contributed by atoms with Crippen molar-refractivity contribution in [2.45, 2.75) is 6.04 Å². The van der Waals surface area contributed by atoms with Crippen LogP contribution in [0.3, 0.4) is 0 Å². The molecule has 1 aliphatic rings. The maximum atomic E-state index is 12.9. The minimum Gasteiger partial charge on any atom is -0.507 e. The van der Waals surface area contributed by atoms with Crippen LogP contribution in [0.25, 0.3) is 5.76 Å². The molecule has 29 heavy (non-hydrogen) atoms. The number of carbonyl (C=O) groups is 2. The summed E-state index contributed by atoms with van der Waals surface area (Å²) in [5, 5.41) is 11.3. The lowest BCUT2D eigenvalue weighted by Crippen LogP contribution is -3.06. The van der Waals surface area contributed by atoms with Gasteiger partial charge in [-0.15, -0.1) is 0 Å². The number of aliphatic hydroxyl groups excluding tert-OH is 1. The van der Waals surface area contributed by atoms with E-state index < -0.39 is 17.7 Å². The number of halogens is 1. The fourth-order valence-corrected chi connectivity index (χ4v) is 3.57. The minimum atomic E-state index is -0.718. The second-order valence-corrected chi connectivity index (χ2v) is 7.49. The predicted octanol–water partition coefficient (Wildman–Crippen LogP) is 1.31. The van der Waals surface area contributed by atoms with Crippen LogP contribution in [0.5, 0.6) is 5.75 Å². The number of aliphatic hydroxyl groups is 1. The first kappa shape index (κ1) is 20.8. The third-order valence-electron chi connectivity index (χ3n) is 4.84. The van der Waals surface area contributed by atoms with E-state index in [-0.39, 0.29) is 11.3 Å². The summed E-state index contributed by atoms with van der Waals surface area (Å²) in [6.45, 7) is 1.03. The lowest BCUT2D eigenvalue weighted by Gasteiger charge is -2.25. The van der Waals surface area contributed by atoms with Crippen molar-refractivity contribution in [3.63, 3.8) is 0 Å². The molecule has 0 bridgehead atoms. The second-order valence-electron chi connectivity index (χ2n) is 7.08. The quantitative estimate of drug-likeness (QED) is 0.421. The molecule has 1 aromatic carbocycles. The molecule has 1 aliphatic heterocycles. The Balaban J connectivity index is 2.13. The van der Waals surface area contributed by atoms with E-state index in [1.54, 1.807) is 36.7 Å². The number of nitrogens with zero attached hydrogens (tertiary/aromatic N) is 2. The van der Waals surface area contributed by atoms with Crippen molar-refractivity contribution in [2.24, 2.45) is 0 Å². The highest BCUT2D eigenvalue weighted by Gasteiger charge is 2.46. The van der Waals surface area contributed by atoms with E-state index in [1.165, 1.54) is 18.1 Å². The molecule has 0 aliphatic carbocycles. The molecule has 0 radical (unpaired) electrons. The van der Waals surface area contributed by atoms with Gasteiger partial charge in [0.2, 0.25) is 0 Å². The molecule has 2 N–H and O–H groups in total. The van der Waals surface area contributed by atoms with Gasteiger partial charge < -0.3 is 19.6 Å². The van der Waals surface area contributed by atoms with E-state index >= 15 is 0 Å². The Morgan fingerprint density at radius 2 is 1.93 bits per heavy atom. The number of hydrogen-bond acceptors (Lipinski definition) is 5. The number of carbonyl (C=O) groups excluding carboxylic acids is 2. The molecule has 1 fully saturated rings. The molecule has 1 amide bonds. The van der Waals surface area contributed by atoms with Crippen LogP contribution in [0.4, 0.5) is 0 Å². The maximum absolute atomic E-state index is 12.9. The molecular formula is C21H23ClN3O4+. The lowest BCUT2D eigenvalue weighted by molar-refractivity contribution is -0.857. The summed E-state index contributed by atoms with van der Waals surface area (Å²) in [5.41, 5.74) is 1.08. The van der Waals surface area contributed by atoms with Gasteiger partial charge in [0.05, 0.1) is 50.9 Å². The Kier molecular flexibility index (Phi) is 6.20. The molecule has 1 saturated heterocycles. The minimum absolute atomic E-state index is 0.0381. The van der Waals surface area contributed by atoms with Crippen LogP contribution in [0, 0.1) is 0 Å². The monoisotopic (exact) mass is 416 g/mol. The van der Waals surface area contributed by atoms with Crippen molar-refractivity contribution in [1.82, 2.24) is 9.88 Å². The van der Waals surface area contributed by atoms with Crippen molar-refractivity contribution in [3.8, 4) is 5.75 Å². The van der Waals surface area contributed by atoms with E-state index in [2.05, 4.69) is 4.98 Å². The van der Waals surface area contributed by atoms with E-state index in [9.17, 15) is 14.7 Å². The van der Waals surface area contributed by atoms with E-state index in [0.717, 1.165) is 4.90 Å². The molecule has 0 saturated carbocycles. The van der Waals surface area contributed by atoms with Crippen LogP contribution < -0.4 is 9.64 Å². The average molecular weight is 417 g/mol. The highest BCUT2D eigenvalue weighted by atomic mass is 35.5.